The minimum atomic E-state index is -0.520. The van der Waals surface area contributed by atoms with Gasteiger partial charge in [-0.05, 0) is 43.4 Å². The van der Waals surface area contributed by atoms with Crippen molar-refractivity contribution in [3.8, 4) is 0 Å². The van der Waals surface area contributed by atoms with E-state index >= 15 is 0 Å². The number of hydrogen-bond acceptors (Lipinski definition) is 2. The number of hydrogen-bond donors (Lipinski definition) is 1. The van der Waals surface area contributed by atoms with E-state index in [4.69, 9.17) is 0 Å². The lowest BCUT2D eigenvalue weighted by Crippen LogP contribution is -2.11. The Kier molecular flexibility index (Phi) is 4.29. The van der Waals surface area contributed by atoms with Crippen LogP contribution in [0.2, 0.25) is 0 Å². The molecule has 2 rings (SSSR count). The van der Waals surface area contributed by atoms with E-state index in [-0.39, 0.29) is 0 Å². The Morgan fingerprint density at radius 2 is 1.60 bits per heavy atom. The van der Waals surface area contributed by atoms with Gasteiger partial charge in [-0.2, -0.15) is 5.10 Å². The third kappa shape index (κ3) is 2.93. The minimum absolute atomic E-state index is 0.502. The van der Waals surface area contributed by atoms with E-state index in [1.54, 1.807) is 0 Å². The highest BCUT2D eigenvalue weighted by Gasteiger charge is 2.13. The summed E-state index contributed by atoms with van der Waals surface area (Å²) in [5.41, 5.74) is 5.60. The third-order valence-corrected chi connectivity index (χ3v) is 4.08. The zero-order valence-electron chi connectivity index (χ0n) is 13.0. The van der Waals surface area contributed by atoms with Crippen molar-refractivity contribution in [2.75, 3.05) is 0 Å². The van der Waals surface area contributed by atoms with Crippen molar-refractivity contribution >= 4 is 0 Å². The van der Waals surface area contributed by atoms with Crippen molar-refractivity contribution in [2.45, 2.75) is 53.2 Å². The molecule has 0 aliphatic rings. The van der Waals surface area contributed by atoms with Crippen LogP contribution < -0.4 is 0 Å². The van der Waals surface area contributed by atoms with Crippen LogP contribution in [0.3, 0.4) is 0 Å². The van der Waals surface area contributed by atoms with Crippen molar-refractivity contribution in [3.63, 3.8) is 0 Å². The number of aliphatic hydroxyl groups is 1. The van der Waals surface area contributed by atoms with Gasteiger partial charge in [-0.1, -0.05) is 38.1 Å². The third-order valence-electron chi connectivity index (χ3n) is 4.08. The quantitative estimate of drug-likeness (QED) is 0.922. The Labute approximate surface area is 121 Å². The van der Waals surface area contributed by atoms with Gasteiger partial charge in [-0.15, -0.1) is 0 Å². The average Bonchev–Trinajstić information content (AvgIpc) is 2.66. The average molecular weight is 272 g/mol. The first-order valence-electron chi connectivity index (χ1n) is 7.18. The van der Waals surface area contributed by atoms with Gasteiger partial charge in [0.25, 0.3) is 0 Å². The molecule has 3 heteroatoms. The van der Waals surface area contributed by atoms with Gasteiger partial charge in [-0.25, -0.2) is 0 Å². The van der Waals surface area contributed by atoms with Crippen LogP contribution in [-0.2, 0) is 6.54 Å². The number of benzene rings is 1. The van der Waals surface area contributed by atoms with Crippen LogP contribution in [0.15, 0.2) is 24.3 Å². The molecule has 0 aliphatic heterocycles. The molecule has 2 aromatic rings. The summed E-state index contributed by atoms with van der Waals surface area (Å²) >= 11 is 0. The van der Waals surface area contributed by atoms with Gasteiger partial charge < -0.3 is 5.11 Å². The lowest BCUT2D eigenvalue weighted by atomic mass is 10.00. The summed E-state index contributed by atoms with van der Waals surface area (Å²) in [6.45, 7) is 11.0. The summed E-state index contributed by atoms with van der Waals surface area (Å²) in [4.78, 5) is 0. The lowest BCUT2D eigenvalue weighted by Gasteiger charge is -2.14. The van der Waals surface area contributed by atoms with Gasteiger partial charge >= 0.3 is 0 Å². The predicted octanol–water partition coefficient (Wildman–Crippen LogP) is 3.67. The van der Waals surface area contributed by atoms with E-state index in [9.17, 15) is 5.11 Å². The van der Waals surface area contributed by atoms with Gasteiger partial charge in [0, 0.05) is 5.69 Å². The normalized spacial score (nSPS) is 12.9. The van der Waals surface area contributed by atoms with Gasteiger partial charge in [-0.3, -0.25) is 4.68 Å². The number of aliphatic hydroxyl groups excluding tert-OH is 1. The molecular formula is C17H24N2O. The Morgan fingerprint density at radius 3 is 2.05 bits per heavy atom. The van der Waals surface area contributed by atoms with E-state index in [0.717, 1.165) is 17.0 Å². The van der Waals surface area contributed by atoms with Crippen LogP contribution in [-0.4, -0.2) is 14.9 Å². The molecule has 0 radical (unpaired) electrons. The first kappa shape index (κ1) is 14.8. The minimum Gasteiger partial charge on any atom is -0.386 e. The molecule has 0 spiro atoms. The molecule has 108 valence electrons. The van der Waals surface area contributed by atoms with Crippen molar-refractivity contribution in [1.29, 1.82) is 0 Å². The van der Waals surface area contributed by atoms with Crippen LogP contribution in [0.5, 0.6) is 0 Å². The summed E-state index contributed by atoms with van der Waals surface area (Å²) in [5, 5.41) is 14.8. The largest absolute Gasteiger partial charge is 0.386 e. The lowest BCUT2D eigenvalue weighted by molar-refractivity contribution is 0.150. The van der Waals surface area contributed by atoms with Gasteiger partial charge in [0.2, 0.25) is 0 Å². The van der Waals surface area contributed by atoms with Gasteiger partial charge in [0.1, 0.15) is 0 Å². The molecule has 0 aliphatic carbocycles. The SMILES string of the molecule is Cc1nn(CC(O)c2ccc(C(C)C)cc2)c(C)c1C. The molecule has 1 heterocycles. The summed E-state index contributed by atoms with van der Waals surface area (Å²) in [7, 11) is 0. The van der Waals surface area contributed by atoms with Crippen molar-refractivity contribution in [2.24, 2.45) is 0 Å². The topological polar surface area (TPSA) is 38.0 Å². The number of rotatable bonds is 4. The molecule has 0 saturated carbocycles. The molecule has 3 nitrogen and oxygen atoms in total. The first-order chi connectivity index (χ1) is 9.40. The standard InChI is InChI=1S/C17H24N2O/c1-11(2)15-6-8-16(9-7-15)17(20)10-19-14(5)12(3)13(4)18-19/h6-9,11,17,20H,10H2,1-5H3. The predicted molar refractivity (Wildman–Crippen MR) is 81.9 cm³/mol. The fourth-order valence-corrected chi connectivity index (χ4v) is 2.34. The number of aryl methyl sites for hydroxylation is 1. The smallest absolute Gasteiger partial charge is 0.0985 e. The summed E-state index contributed by atoms with van der Waals surface area (Å²) in [5.74, 6) is 0.514. The second-order valence-corrected chi connectivity index (χ2v) is 5.82. The second kappa shape index (κ2) is 5.80. The fourth-order valence-electron chi connectivity index (χ4n) is 2.34. The zero-order chi connectivity index (χ0) is 14.9. The van der Waals surface area contributed by atoms with Crippen LogP contribution in [0, 0.1) is 20.8 Å². The Balaban J connectivity index is 2.15. The molecule has 1 atom stereocenters. The van der Waals surface area contributed by atoms with E-state index in [1.807, 2.05) is 30.7 Å². The Bertz CT molecular complexity index is 582. The zero-order valence-corrected chi connectivity index (χ0v) is 13.0. The molecule has 0 fully saturated rings. The van der Waals surface area contributed by atoms with E-state index < -0.39 is 6.10 Å². The van der Waals surface area contributed by atoms with Gasteiger partial charge in [0.05, 0.1) is 18.3 Å². The molecule has 1 unspecified atom stereocenters. The first-order valence-corrected chi connectivity index (χ1v) is 7.18. The number of aromatic nitrogens is 2. The second-order valence-electron chi connectivity index (χ2n) is 5.82. The highest BCUT2D eigenvalue weighted by atomic mass is 16.3. The number of nitrogens with zero attached hydrogens (tertiary/aromatic N) is 2. The highest BCUT2D eigenvalue weighted by molar-refractivity contribution is 5.27. The maximum Gasteiger partial charge on any atom is 0.0985 e. The molecule has 0 bridgehead atoms. The van der Waals surface area contributed by atoms with Crippen molar-refractivity contribution in [3.05, 3.63) is 52.3 Å². The van der Waals surface area contributed by atoms with Crippen LogP contribution in [0.4, 0.5) is 0 Å². The molecule has 1 aromatic heterocycles. The Hall–Kier alpha value is -1.61. The molecule has 20 heavy (non-hydrogen) atoms. The Morgan fingerprint density at radius 1 is 1.05 bits per heavy atom. The van der Waals surface area contributed by atoms with Crippen LogP contribution >= 0.6 is 0 Å². The van der Waals surface area contributed by atoms with Gasteiger partial charge in [0.15, 0.2) is 0 Å². The summed E-state index contributed by atoms with van der Waals surface area (Å²) in [6.07, 6.45) is -0.520. The van der Waals surface area contributed by atoms with Crippen molar-refractivity contribution in [1.82, 2.24) is 9.78 Å². The van der Waals surface area contributed by atoms with Crippen molar-refractivity contribution < 1.29 is 5.11 Å². The molecule has 0 amide bonds. The van der Waals surface area contributed by atoms with E-state index in [2.05, 4.69) is 38.0 Å². The van der Waals surface area contributed by atoms with E-state index in [0.29, 0.717) is 12.5 Å². The summed E-state index contributed by atoms with van der Waals surface area (Å²) in [6, 6.07) is 8.21. The monoisotopic (exact) mass is 272 g/mol. The van der Waals surface area contributed by atoms with Crippen LogP contribution in [0.25, 0.3) is 0 Å². The molecule has 1 aromatic carbocycles. The molecule has 0 saturated heterocycles. The van der Waals surface area contributed by atoms with E-state index in [1.165, 1.54) is 11.1 Å². The maximum atomic E-state index is 10.4. The summed E-state index contributed by atoms with van der Waals surface area (Å²) < 4.78 is 1.89. The van der Waals surface area contributed by atoms with Crippen LogP contribution in [0.1, 0.15) is 53.9 Å². The molecule has 1 N–H and O–H groups in total. The maximum absolute atomic E-state index is 10.4. The fraction of sp³-hybridized carbons (Fsp3) is 0.471. The molecular weight excluding hydrogens is 248 g/mol. The highest BCUT2D eigenvalue weighted by Crippen LogP contribution is 2.21.